The van der Waals surface area contributed by atoms with Crippen LogP contribution in [0.2, 0.25) is 0 Å². The van der Waals surface area contributed by atoms with Crippen LogP contribution in [-0.4, -0.2) is 174 Å². The average molecular weight is 603 g/mol. The van der Waals surface area contributed by atoms with E-state index in [-0.39, 0.29) is 74.6 Å². The molecule has 4 unspecified atom stereocenters. The van der Waals surface area contributed by atoms with Gasteiger partial charge in [0, 0.05) is 69.2 Å². The quantitative estimate of drug-likeness (QED) is 0.0702. The van der Waals surface area contributed by atoms with E-state index in [2.05, 4.69) is 18.5 Å². The second-order valence-electron chi connectivity index (χ2n) is 5.74. The Balaban J connectivity index is -0.000000256. The highest BCUT2D eigenvalue weighted by Gasteiger charge is 2.43. The number of aliphatic hydroxyl groups is 6. The highest BCUT2D eigenvalue weighted by atomic mass is 31.2. The van der Waals surface area contributed by atoms with Gasteiger partial charge in [0.15, 0.2) is 23.7 Å². The van der Waals surface area contributed by atoms with E-state index in [0.29, 0.717) is 0 Å². The van der Waals surface area contributed by atoms with Crippen molar-refractivity contribution in [2.45, 2.75) is 24.4 Å². The Morgan fingerprint density at radius 1 is 0.722 bits per heavy atom. The van der Waals surface area contributed by atoms with Crippen molar-refractivity contribution in [3.8, 4) is 0 Å². The van der Waals surface area contributed by atoms with E-state index in [1.165, 1.54) is 0 Å². The van der Waals surface area contributed by atoms with E-state index < -0.39 is 88.3 Å². The lowest BCUT2D eigenvalue weighted by Crippen LogP contribution is -2.31. The SMILES string of the molecule is O.O=C1OC(C(O)CO)C(O)=C1OP(=O)(O)O.O=C1OC(C(O)CO)C(O)=C1OP(=O)(O)O.[Mg].[Mg].[Mg]. The summed E-state index contributed by atoms with van der Waals surface area (Å²) in [4.78, 5) is 55.7. The molecular formula is C12H20Mg3O19P2. The maximum atomic E-state index is 11.0. The first-order valence-electron chi connectivity index (χ1n) is 7.88. The lowest BCUT2D eigenvalue weighted by atomic mass is 10.2. The number of carbonyl (C=O) groups excluding carboxylic acids is 2. The van der Waals surface area contributed by atoms with E-state index in [4.69, 9.17) is 40.0 Å². The van der Waals surface area contributed by atoms with Crippen LogP contribution in [0.3, 0.4) is 0 Å². The summed E-state index contributed by atoms with van der Waals surface area (Å²) in [6.07, 6.45) is -6.42. The number of rotatable bonds is 8. The molecule has 2 rings (SSSR count). The lowest BCUT2D eigenvalue weighted by molar-refractivity contribution is -0.148. The van der Waals surface area contributed by atoms with Gasteiger partial charge in [0.2, 0.25) is 0 Å². The van der Waals surface area contributed by atoms with E-state index >= 15 is 0 Å². The number of phosphoric ester groups is 2. The van der Waals surface area contributed by atoms with Gasteiger partial charge in [0.25, 0.3) is 11.5 Å². The molecule has 0 aromatic rings. The summed E-state index contributed by atoms with van der Waals surface area (Å²) in [6, 6.07) is 0. The average Bonchev–Trinajstić information content (AvgIpc) is 3.10. The molecule has 0 aromatic carbocycles. The molecule has 0 spiro atoms. The third kappa shape index (κ3) is 12.7. The zero-order chi connectivity index (χ0) is 25.0. The molecule has 2 heterocycles. The molecule has 4 atom stereocenters. The molecule has 0 saturated carbocycles. The third-order valence-corrected chi connectivity index (χ3v) is 4.18. The summed E-state index contributed by atoms with van der Waals surface area (Å²) in [6.45, 7) is -1.63. The van der Waals surface area contributed by atoms with Crippen LogP contribution in [0.1, 0.15) is 0 Å². The van der Waals surface area contributed by atoms with Gasteiger partial charge in [0.05, 0.1) is 13.2 Å². The number of ether oxygens (including phenoxy) is 2. The molecule has 12 N–H and O–H groups in total. The zero-order valence-electron chi connectivity index (χ0n) is 18.0. The highest BCUT2D eigenvalue weighted by Crippen LogP contribution is 2.43. The Morgan fingerprint density at radius 3 is 1.17 bits per heavy atom. The van der Waals surface area contributed by atoms with E-state index in [1.54, 1.807) is 0 Å². The summed E-state index contributed by atoms with van der Waals surface area (Å²) >= 11 is 0. The van der Waals surface area contributed by atoms with Crippen molar-refractivity contribution in [1.82, 2.24) is 0 Å². The van der Waals surface area contributed by atoms with Gasteiger partial charge in [0.1, 0.15) is 12.2 Å². The van der Waals surface area contributed by atoms with Crippen molar-refractivity contribution >= 4 is 96.7 Å². The molecule has 0 aliphatic carbocycles. The Kier molecular flexibility index (Phi) is 21.0. The second-order valence-corrected chi connectivity index (χ2v) is 8.07. The van der Waals surface area contributed by atoms with Crippen LogP contribution in [0.4, 0.5) is 0 Å². The Bertz CT molecular complexity index is 824. The van der Waals surface area contributed by atoms with E-state index in [0.717, 1.165) is 0 Å². The van der Waals surface area contributed by atoms with Gasteiger partial charge in [-0.25, -0.2) is 18.7 Å². The molecule has 2 aliphatic heterocycles. The largest absolute Gasteiger partial charge is 0.525 e. The van der Waals surface area contributed by atoms with Crippen LogP contribution in [0.15, 0.2) is 23.0 Å². The number of carbonyl (C=O) groups is 2. The Morgan fingerprint density at radius 2 is 0.972 bits per heavy atom. The number of phosphoric acid groups is 2. The van der Waals surface area contributed by atoms with Crippen LogP contribution in [0.25, 0.3) is 0 Å². The van der Waals surface area contributed by atoms with Gasteiger partial charge >= 0.3 is 27.6 Å². The lowest BCUT2D eigenvalue weighted by Gasteiger charge is -2.13. The van der Waals surface area contributed by atoms with Crippen molar-refractivity contribution in [2.75, 3.05) is 13.2 Å². The normalized spacial score (nSPS) is 20.7. The van der Waals surface area contributed by atoms with Crippen LogP contribution in [-0.2, 0) is 37.2 Å². The summed E-state index contributed by atoms with van der Waals surface area (Å²) in [7, 11) is -10.0. The van der Waals surface area contributed by atoms with Gasteiger partial charge in [-0.1, -0.05) is 0 Å². The van der Waals surface area contributed by atoms with E-state index in [9.17, 15) is 28.9 Å². The summed E-state index contributed by atoms with van der Waals surface area (Å²) < 4.78 is 37.3. The first kappa shape index (κ1) is 43.1. The Hall–Kier alpha value is 0.0187. The van der Waals surface area contributed by atoms with Gasteiger partial charge in [-0.2, -0.15) is 0 Å². The van der Waals surface area contributed by atoms with Crippen LogP contribution >= 0.6 is 15.6 Å². The van der Waals surface area contributed by atoms with Crippen molar-refractivity contribution in [2.24, 2.45) is 0 Å². The van der Waals surface area contributed by atoms with Crippen LogP contribution in [0.5, 0.6) is 0 Å². The van der Waals surface area contributed by atoms with Crippen LogP contribution in [0, 0.1) is 0 Å². The maximum absolute atomic E-state index is 11.0. The summed E-state index contributed by atoms with van der Waals surface area (Å²) in [5, 5.41) is 53.8. The van der Waals surface area contributed by atoms with Crippen molar-refractivity contribution in [3.63, 3.8) is 0 Å². The minimum absolute atomic E-state index is 0. The highest BCUT2D eigenvalue weighted by molar-refractivity contribution is 7.46. The molecular weight excluding hydrogens is 583 g/mol. The van der Waals surface area contributed by atoms with Crippen molar-refractivity contribution < 1.29 is 92.9 Å². The fourth-order valence-electron chi connectivity index (χ4n) is 2.04. The van der Waals surface area contributed by atoms with Gasteiger partial charge in [-0.3, -0.25) is 19.6 Å². The second kappa shape index (κ2) is 17.6. The maximum Gasteiger partial charge on any atom is 0.525 e. The van der Waals surface area contributed by atoms with Gasteiger partial charge in [-0.15, -0.1) is 0 Å². The third-order valence-electron chi connectivity index (χ3n) is 3.34. The predicted molar refractivity (Wildman–Crippen MR) is 112 cm³/mol. The van der Waals surface area contributed by atoms with Crippen molar-refractivity contribution in [1.29, 1.82) is 0 Å². The van der Waals surface area contributed by atoms with Crippen LogP contribution < -0.4 is 0 Å². The van der Waals surface area contributed by atoms with Gasteiger partial charge < -0.3 is 54.6 Å². The smallest absolute Gasteiger partial charge is 0.505 e. The fraction of sp³-hybridized carbons (Fsp3) is 0.500. The molecule has 0 fully saturated rings. The molecule has 0 saturated heterocycles. The topological polar surface area (TPSA) is 339 Å². The molecule has 0 bridgehead atoms. The first-order chi connectivity index (χ1) is 14.5. The first-order valence-corrected chi connectivity index (χ1v) is 10.9. The molecule has 0 amide bonds. The fourth-order valence-corrected chi connectivity index (χ4v) is 2.85. The summed E-state index contributed by atoms with van der Waals surface area (Å²) in [5.41, 5.74) is 0. The number of aliphatic hydroxyl groups excluding tert-OH is 6. The molecule has 36 heavy (non-hydrogen) atoms. The standard InChI is InChI=1S/2C6H9O9P.3Mg.H2O/c2*7-1-2(8)4-3(9)5(6(10)14-4)15-16(11,12)13;;;;/h2*2,4,7-9H,1H2,(H2,11,12,13);;;;1H2. The molecule has 0 aromatic heterocycles. The molecule has 198 valence electrons. The predicted octanol–water partition coefficient (Wildman–Crippen LogP) is -5.68. The molecule has 6 radical (unpaired) electrons. The molecule has 2 aliphatic rings. The number of hydrogen-bond donors (Lipinski definition) is 10. The van der Waals surface area contributed by atoms with Crippen molar-refractivity contribution in [3.05, 3.63) is 23.0 Å². The number of esters is 2. The monoisotopic (exact) mass is 602 g/mol. The number of hydrogen-bond acceptors (Lipinski definition) is 14. The van der Waals surface area contributed by atoms with E-state index in [1.807, 2.05) is 0 Å². The molecule has 24 heteroatoms. The zero-order valence-corrected chi connectivity index (χ0v) is 24.0. The molecule has 19 nitrogen and oxygen atoms in total. The summed E-state index contributed by atoms with van der Waals surface area (Å²) in [5.74, 6) is -6.78. The number of cyclic esters (lactones) is 2. The Labute approximate surface area is 248 Å². The minimum Gasteiger partial charge on any atom is -0.505 e. The minimum atomic E-state index is -5.02. The van der Waals surface area contributed by atoms with Gasteiger partial charge in [-0.05, 0) is 0 Å².